The molecule has 0 aromatic heterocycles. The van der Waals surface area contributed by atoms with Crippen LogP contribution in [0.4, 0.5) is 4.39 Å². The minimum absolute atomic E-state index is 0.335. The molecule has 0 bridgehead atoms. The lowest BCUT2D eigenvalue weighted by molar-refractivity contribution is 0.0136. The van der Waals surface area contributed by atoms with Crippen molar-refractivity contribution in [1.82, 2.24) is 5.32 Å². The standard InChI is InChI=1S/C12H18FNO2/c1-8-7-9(13)3-4-10(8)12(16)11(15)5-6-14-2/h3-4,7,11-12,14-16H,5-6H2,1-2H3. The number of benzene rings is 1. The molecule has 0 heterocycles. The first-order valence-corrected chi connectivity index (χ1v) is 5.33. The number of aliphatic hydroxyl groups is 2. The molecule has 3 N–H and O–H groups in total. The molecule has 90 valence electrons. The molecular weight excluding hydrogens is 209 g/mol. The van der Waals surface area contributed by atoms with Crippen molar-refractivity contribution in [3.8, 4) is 0 Å². The topological polar surface area (TPSA) is 52.5 Å². The van der Waals surface area contributed by atoms with E-state index in [1.54, 1.807) is 14.0 Å². The Balaban J connectivity index is 2.75. The van der Waals surface area contributed by atoms with Crippen LogP contribution in [-0.4, -0.2) is 29.9 Å². The Morgan fingerprint density at radius 3 is 2.62 bits per heavy atom. The highest BCUT2D eigenvalue weighted by atomic mass is 19.1. The van der Waals surface area contributed by atoms with E-state index in [1.807, 2.05) is 0 Å². The van der Waals surface area contributed by atoms with E-state index in [9.17, 15) is 14.6 Å². The van der Waals surface area contributed by atoms with Crippen molar-refractivity contribution in [2.75, 3.05) is 13.6 Å². The predicted octanol–water partition coefficient (Wildman–Crippen LogP) is 1.14. The monoisotopic (exact) mass is 227 g/mol. The molecule has 4 heteroatoms. The van der Waals surface area contributed by atoms with Crippen molar-refractivity contribution >= 4 is 0 Å². The molecule has 0 fully saturated rings. The van der Waals surface area contributed by atoms with Crippen LogP contribution in [0.2, 0.25) is 0 Å². The van der Waals surface area contributed by atoms with Crippen molar-refractivity contribution in [2.45, 2.75) is 25.6 Å². The summed E-state index contributed by atoms with van der Waals surface area (Å²) in [4.78, 5) is 0. The number of hydrogen-bond acceptors (Lipinski definition) is 3. The summed E-state index contributed by atoms with van der Waals surface area (Å²) < 4.78 is 12.9. The molecule has 2 unspecified atom stereocenters. The van der Waals surface area contributed by atoms with E-state index in [0.29, 0.717) is 24.1 Å². The van der Waals surface area contributed by atoms with Gasteiger partial charge in [-0.05, 0) is 50.2 Å². The Morgan fingerprint density at radius 2 is 2.06 bits per heavy atom. The number of halogens is 1. The van der Waals surface area contributed by atoms with Crippen molar-refractivity contribution in [3.05, 3.63) is 35.1 Å². The first-order chi connectivity index (χ1) is 7.56. The average Bonchev–Trinajstić information content (AvgIpc) is 2.25. The summed E-state index contributed by atoms with van der Waals surface area (Å²) in [6, 6.07) is 4.15. The van der Waals surface area contributed by atoms with Gasteiger partial charge in [-0.15, -0.1) is 0 Å². The third kappa shape index (κ3) is 3.27. The van der Waals surface area contributed by atoms with E-state index in [-0.39, 0.29) is 5.82 Å². The average molecular weight is 227 g/mol. The summed E-state index contributed by atoms with van der Waals surface area (Å²) in [5, 5.41) is 22.5. The largest absolute Gasteiger partial charge is 0.390 e. The quantitative estimate of drug-likeness (QED) is 0.707. The van der Waals surface area contributed by atoms with Gasteiger partial charge in [0.2, 0.25) is 0 Å². The summed E-state index contributed by atoms with van der Waals surface area (Å²) in [6.45, 7) is 2.34. The first kappa shape index (κ1) is 13.1. The molecule has 1 aromatic rings. The highest BCUT2D eigenvalue weighted by Gasteiger charge is 2.19. The van der Waals surface area contributed by atoms with Crippen LogP contribution in [0.1, 0.15) is 23.7 Å². The molecule has 0 aliphatic carbocycles. The van der Waals surface area contributed by atoms with Gasteiger partial charge in [-0.2, -0.15) is 0 Å². The Labute approximate surface area is 94.9 Å². The van der Waals surface area contributed by atoms with Crippen molar-refractivity contribution in [3.63, 3.8) is 0 Å². The van der Waals surface area contributed by atoms with Crippen LogP contribution in [0.25, 0.3) is 0 Å². The molecule has 1 rings (SSSR count). The second-order valence-electron chi connectivity index (χ2n) is 3.91. The second kappa shape index (κ2) is 5.94. The van der Waals surface area contributed by atoms with Gasteiger partial charge in [-0.3, -0.25) is 0 Å². The molecule has 16 heavy (non-hydrogen) atoms. The van der Waals surface area contributed by atoms with Gasteiger partial charge in [-0.25, -0.2) is 4.39 Å². The lowest BCUT2D eigenvalue weighted by Gasteiger charge is -2.19. The molecule has 0 aliphatic rings. The molecule has 0 spiro atoms. The Kier molecular flexibility index (Phi) is 4.86. The minimum Gasteiger partial charge on any atom is -0.390 e. The fraction of sp³-hybridized carbons (Fsp3) is 0.500. The van der Waals surface area contributed by atoms with Gasteiger partial charge in [0.05, 0.1) is 6.10 Å². The van der Waals surface area contributed by atoms with Crippen molar-refractivity contribution in [2.24, 2.45) is 0 Å². The molecule has 2 atom stereocenters. The maximum absolute atomic E-state index is 12.9. The SMILES string of the molecule is CNCCC(O)C(O)c1ccc(F)cc1C. The van der Waals surface area contributed by atoms with Crippen LogP contribution in [-0.2, 0) is 0 Å². The third-order valence-electron chi connectivity index (χ3n) is 2.61. The van der Waals surface area contributed by atoms with Gasteiger partial charge in [0.15, 0.2) is 0 Å². The smallest absolute Gasteiger partial charge is 0.123 e. The van der Waals surface area contributed by atoms with Gasteiger partial charge in [0.1, 0.15) is 11.9 Å². The zero-order valence-electron chi connectivity index (χ0n) is 9.57. The first-order valence-electron chi connectivity index (χ1n) is 5.33. The molecule has 0 saturated heterocycles. The van der Waals surface area contributed by atoms with E-state index in [2.05, 4.69) is 5.32 Å². The van der Waals surface area contributed by atoms with Gasteiger partial charge in [-0.1, -0.05) is 6.07 Å². The normalized spacial score (nSPS) is 14.8. The van der Waals surface area contributed by atoms with Gasteiger partial charge in [0.25, 0.3) is 0 Å². The highest BCUT2D eigenvalue weighted by Crippen LogP contribution is 2.22. The number of nitrogens with one attached hydrogen (secondary N) is 1. The number of aryl methyl sites for hydroxylation is 1. The zero-order valence-corrected chi connectivity index (χ0v) is 9.57. The van der Waals surface area contributed by atoms with Crippen LogP contribution in [0.3, 0.4) is 0 Å². The summed E-state index contributed by atoms with van der Waals surface area (Å²) in [7, 11) is 1.78. The Hall–Kier alpha value is -0.970. The third-order valence-corrected chi connectivity index (χ3v) is 2.61. The van der Waals surface area contributed by atoms with E-state index in [0.717, 1.165) is 0 Å². The van der Waals surface area contributed by atoms with E-state index in [1.165, 1.54) is 18.2 Å². The summed E-state index contributed by atoms with van der Waals surface area (Å²) in [5.41, 5.74) is 1.22. The van der Waals surface area contributed by atoms with Crippen LogP contribution in [0, 0.1) is 12.7 Å². The van der Waals surface area contributed by atoms with E-state index < -0.39 is 12.2 Å². The summed E-state index contributed by atoms with van der Waals surface area (Å²) in [6.07, 6.45) is -1.35. The highest BCUT2D eigenvalue weighted by molar-refractivity contribution is 5.29. The van der Waals surface area contributed by atoms with E-state index >= 15 is 0 Å². The molecule has 0 saturated carbocycles. The summed E-state index contributed by atoms with van der Waals surface area (Å²) in [5.74, 6) is -0.335. The van der Waals surface area contributed by atoms with Crippen LogP contribution in [0.5, 0.6) is 0 Å². The van der Waals surface area contributed by atoms with Crippen LogP contribution < -0.4 is 5.32 Å². The van der Waals surface area contributed by atoms with Gasteiger partial charge < -0.3 is 15.5 Å². The molecule has 1 aromatic carbocycles. The van der Waals surface area contributed by atoms with Gasteiger partial charge in [0, 0.05) is 0 Å². The van der Waals surface area contributed by atoms with Crippen molar-refractivity contribution < 1.29 is 14.6 Å². The number of aliphatic hydroxyl groups excluding tert-OH is 2. The molecule has 3 nitrogen and oxygen atoms in total. The fourth-order valence-electron chi connectivity index (χ4n) is 1.63. The predicted molar refractivity (Wildman–Crippen MR) is 60.6 cm³/mol. The zero-order chi connectivity index (χ0) is 12.1. The lowest BCUT2D eigenvalue weighted by atomic mass is 9.98. The fourth-order valence-corrected chi connectivity index (χ4v) is 1.63. The Morgan fingerprint density at radius 1 is 1.38 bits per heavy atom. The summed E-state index contributed by atoms with van der Waals surface area (Å²) >= 11 is 0. The second-order valence-corrected chi connectivity index (χ2v) is 3.91. The Bertz CT molecular complexity index is 344. The molecule has 0 aliphatic heterocycles. The molecular formula is C12H18FNO2. The maximum Gasteiger partial charge on any atom is 0.123 e. The van der Waals surface area contributed by atoms with Crippen molar-refractivity contribution in [1.29, 1.82) is 0 Å². The molecule has 0 amide bonds. The molecule has 0 radical (unpaired) electrons. The van der Waals surface area contributed by atoms with E-state index in [4.69, 9.17) is 0 Å². The van der Waals surface area contributed by atoms with Crippen LogP contribution in [0.15, 0.2) is 18.2 Å². The number of rotatable bonds is 5. The minimum atomic E-state index is -0.964. The number of hydrogen-bond donors (Lipinski definition) is 3. The van der Waals surface area contributed by atoms with Crippen LogP contribution >= 0.6 is 0 Å². The lowest BCUT2D eigenvalue weighted by Crippen LogP contribution is -2.23. The van der Waals surface area contributed by atoms with Gasteiger partial charge >= 0.3 is 0 Å². The maximum atomic E-state index is 12.9.